The zero-order chi connectivity index (χ0) is 43.0. The Balaban J connectivity index is 4.26. The summed E-state index contributed by atoms with van der Waals surface area (Å²) in [5, 5.41) is 0. The van der Waals surface area contributed by atoms with Crippen molar-refractivity contribution in [3.8, 4) is 0 Å². The molecule has 0 unspecified atom stereocenters. The molecule has 0 radical (unpaired) electrons. The van der Waals surface area contributed by atoms with Crippen molar-refractivity contribution in [1.29, 1.82) is 0 Å². The van der Waals surface area contributed by atoms with Crippen LogP contribution in [0.15, 0.2) is 0 Å². The lowest BCUT2D eigenvalue weighted by atomic mass is 10.0. The Hall–Kier alpha value is -1.59. The van der Waals surface area contributed by atoms with Crippen LogP contribution in [-0.2, 0) is 28.6 Å². The number of hydrogen-bond acceptors (Lipinski definition) is 6. The van der Waals surface area contributed by atoms with Crippen molar-refractivity contribution in [3.63, 3.8) is 0 Å². The fourth-order valence-electron chi connectivity index (χ4n) is 8.09. The first-order valence-corrected chi connectivity index (χ1v) is 26.5. The summed E-state index contributed by atoms with van der Waals surface area (Å²) in [6.07, 6.45) is 52.3. The van der Waals surface area contributed by atoms with Gasteiger partial charge < -0.3 is 14.2 Å². The van der Waals surface area contributed by atoms with Gasteiger partial charge in [0, 0.05) is 19.3 Å². The molecule has 0 spiro atoms. The van der Waals surface area contributed by atoms with Gasteiger partial charge in [-0.1, -0.05) is 265 Å². The molecule has 59 heavy (non-hydrogen) atoms. The zero-order valence-electron chi connectivity index (χ0n) is 40.1. The summed E-state index contributed by atoms with van der Waals surface area (Å²) in [6, 6.07) is 0. The molecule has 6 nitrogen and oxygen atoms in total. The van der Waals surface area contributed by atoms with Crippen molar-refractivity contribution in [2.24, 2.45) is 0 Å². The summed E-state index contributed by atoms with van der Waals surface area (Å²) in [7, 11) is 0. The number of hydrogen-bond donors (Lipinski definition) is 0. The monoisotopic (exact) mass is 835 g/mol. The predicted molar refractivity (Wildman–Crippen MR) is 252 cm³/mol. The van der Waals surface area contributed by atoms with Crippen LogP contribution >= 0.6 is 0 Å². The Morgan fingerprint density at radius 3 is 0.678 bits per heavy atom. The summed E-state index contributed by atoms with van der Waals surface area (Å²) in [6.45, 7) is 6.68. The van der Waals surface area contributed by atoms with Crippen LogP contribution < -0.4 is 0 Å². The number of ether oxygens (including phenoxy) is 3. The summed E-state index contributed by atoms with van der Waals surface area (Å²) >= 11 is 0. The molecule has 0 aliphatic heterocycles. The van der Waals surface area contributed by atoms with Crippen LogP contribution in [0.4, 0.5) is 0 Å². The number of esters is 3. The Labute approximate surface area is 368 Å². The Morgan fingerprint density at radius 1 is 0.271 bits per heavy atom. The molecule has 350 valence electrons. The predicted octanol–water partition coefficient (Wildman–Crippen LogP) is 17.2. The van der Waals surface area contributed by atoms with Crippen LogP contribution in [0, 0.1) is 0 Å². The van der Waals surface area contributed by atoms with E-state index in [4.69, 9.17) is 14.2 Å². The highest BCUT2D eigenvalue weighted by molar-refractivity contribution is 5.71. The lowest BCUT2D eigenvalue weighted by Gasteiger charge is -2.18. The van der Waals surface area contributed by atoms with Gasteiger partial charge in [0.25, 0.3) is 0 Å². The smallest absolute Gasteiger partial charge is 0.306 e. The number of rotatable bonds is 49. The molecule has 0 heterocycles. The average Bonchev–Trinajstić information content (AvgIpc) is 3.23. The van der Waals surface area contributed by atoms with Gasteiger partial charge in [0.05, 0.1) is 0 Å². The lowest BCUT2D eigenvalue weighted by Crippen LogP contribution is -2.30. The SMILES string of the molecule is CCCCCCCCCCCCCCCCCCCC(=O)OC[C@H](COC(=O)CCCCCCCCCCCC)OC(=O)CCCCCCCCCCCCCCCC. The van der Waals surface area contributed by atoms with Gasteiger partial charge in [-0.3, -0.25) is 14.4 Å². The lowest BCUT2D eigenvalue weighted by molar-refractivity contribution is -0.167. The molecule has 0 bridgehead atoms. The molecule has 0 aliphatic rings. The fraction of sp³-hybridized carbons (Fsp3) is 0.943. The van der Waals surface area contributed by atoms with Crippen LogP contribution in [0.25, 0.3) is 0 Å². The zero-order valence-corrected chi connectivity index (χ0v) is 40.1. The molecule has 0 N–H and O–H groups in total. The third-order valence-electron chi connectivity index (χ3n) is 12.1. The minimum Gasteiger partial charge on any atom is -0.462 e. The fourth-order valence-corrected chi connectivity index (χ4v) is 8.09. The van der Waals surface area contributed by atoms with Crippen molar-refractivity contribution in [2.45, 2.75) is 309 Å². The normalized spacial score (nSPS) is 11.8. The van der Waals surface area contributed by atoms with E-state index in [0.29, 0.717) is 19.3 Å². The molecule has 0 aromatic carbocycles. The molecule has 0 saturated heterocycles. The molecule has 6 heteroatoms. The first-order valence-electron chi connectivity index (χ1n) is 26.5. The molecule has 0 aromatic rings. The van der Waals surface area contributed by atoms with Crippen molar-refractivity contribution in [3.05, 3.63) is 0 Å². The molecule has 0 saturated carbocycles. The maximum Gasteiger partial charge on any atom is 0.306 e. The highest BCUT2D eigenvalue weighted by Gasteiger charge is 2.19. The van der Waals surface area contributed by atoms with E-state index in [2.05, 4.69) is 20.8 Å². The Morgan fingerprint density at radius 2 is 0.458 bits per heavy atom. The standard InChI is InChI=1S/C53H102O6/c1-4-7-10-13-16-19-22-24-26-27-28-30-31-34-37-40-43-46-52(55)58-49-50(48-57-51(54)45-42-39-36-33-21-18-15-12-9-6-3)59-53(56)47-44-41-38-35-32-29-25-23-20-17-14-11-8-5-2/h50H,4-49H2,1-3H3/t50-/m0/s1. The average molecular weight is 835 g/mol. The van der Waals surface area contributed by atoms with E-state index < -0.39 is 6.10 Å². The molecule has 1 atom stereocenters. The van der Waals surface area contributed by atoms with E-state index in [1.165, 1.54) is 205 Å². The highest BCUT2D eigenvalue weighted by atomic mass is 16.6. The van der Waals surface area contributed by atoms with Crippen LogP contribution in [0.3, 0.4) is 0 Å². The number of carbonyl (C=O) groups excluding carboxylic acids is 3. The maximum absolute atomic E-state index is 12.8. The second kappa shape index (κ2) is 49.1. The van der Waals surface area contributed by atoms with E-state index in [9.17, 15) is 14.4 Å². The van der Waals surface area contributed by atoms with Crippen molar-refractivity contribution in [1.82, 2.24) is 0 Å². The third-order valence-corrected chi connectivity index (χ3v) is 12.1. The molecule has 0 rings (SSSR count). The first kappa shape index (κ1) is 57.4. The first-order chi connectivity index (χ1) is 29.0. The molecular formula is C53H102O6. The van der Waals surface area contributed by atoms with Gasteiger partial charge in [0.15, 0.2) is 6.10 Å². The number of carbonyl (C=O) groups is 3. The van der Waals surface area contributed by atoms with E-state index in [0.717, 1.165) is 57.8 Å². The second-order valence-corrected chi connectivity index (χ2v) is 18.2. The molecule has 0 aliphatic carbocycles. The van der Waals surface area contributed by atoms with E-state index in [-0.39, 0.29) is 31.1 Å². The van der Waals surface area contributed by atoms with Gasteiger partial charge in [-0.05, 0) is 19.3 Å². The van der Waals surface area contributed by atoms with E-state index >= 15 is 0 Å². The Kier molecular flexibility index (Phi) is 47.7. The van der Waals surface area contributed by atoms with Crippen LogP contribution in [0.5, 0.6) is 0 Å². The van der Waals surface area contributed by atoms with Gasteiger partial charge in [0.2, 0.25) is 0 Å². The third kappa shape index (κ3) is 47.3. The van der Waals surface area contributed by atoms with Crippen LogP contribution in [-0.4, -0.2) is 37.2 Å². The number of unbranched alkanes of at least 4 members (excludes halogenated alkanes) is 38. The minimum absolute atomic E-state index is 0.0617. The molecule has 0 aromatic heterocycles. The van der Waals surface area contributed by atoms with Gasteiger partial charge in [-0.2, -0.15) is 0 Å². The van der Waals surface area contributed by atoms with Crippen molar-refractivity contribution in [2.75, 3.05) is 13.2 Å². The summed E-state index contributed by atoms with van der Waals surface area (Å²) < 4.78 is 16.8. The van der Waals surface area contributed by atoms with Gasteiger partial charge in [0.1, 0.15) is 13.2 Å². The largest absolute Gasteiger partial charge is 0.462 e. The Bertz CT molecular complexity index is 874. The second-order valence-electron chi connectivity index (χ2n) is 18.2. The quantitative estimate of drug-likeness (QED) is 0.0345. The van der Waals surface area contributed by atoms with E-state index in [1.807, 2.05) is 0 Å². The highest BCUT2D eigenvalue weighted by Crippen LogP contribution is 2.17. The van der Waals surface area contributed by atoms with Crippen molar-refractivity contribution >= 4 is 17.9 Å². The molecule has 0 fully saturated rings. The van der Waals surface area contributed by atoms with E-state index in [1.54, 1.807) is 0 Å². The molecule has 0 amide bonds. The molecular weight excluding hydrogens is 733 g/mol. The van der Waals surface area contributed by atoms with Crippen LogP contribution in [0.1, 0.15) is 303 Å². The van der Waals surface area contributed by atoms with Gasteiger partial charge >= 0.3 is 17.9 Å². The van der Waals surface area contributed by atoms with Gasteiger partial charge in [-0.25, -0.2) is 0 Å². The summed E-state index contributed by atoms with van der Waals surface area (Å²) in [5.41, 5.74) is 0. The topological polar surface area (TPSA) is 78.9 Å². The van der Waals surface area contributed by atoms with Gasteiger partial charge in [-0.15, -0.1) is 0 Å². The maximum atomic E-state index is 12.8. The minimum atomic E-state index is -0.759. The summed E-state index contributed by atoms with van der Waals surface area (Å²) in [5.74, 6) is -0.841. The van der Waals surface area contributed by atoms with Crippen molar-refractivity contribution < 1.29 is 28.6 Å². The van der Waals surface area contributed by atoms with Crippen LogP contribution in [0.2, 0.25) is 0 Å². The summed E-state index contributed by atoms with van der Waals surface area (Å²) in [4.78, 5) is 37.9.